The molecule has 0 fully saturated rings. The lowest BCUT2D eigenvalue weighted by atomic mass is 10.2. The Morgan fingerprint density at radius 1 is 0.646 bits per heavy atom. The largest absolute Gasteiger partial charge is 0.485 e. The zero-order valence-electron chi connectivity index (χ0n) is 26.7. The fourth-order valence-corrected chi connectivity index (χ4v) is 5.05. The number of ether oxygens (including phenoxy) is 2. The van der Waals surface area contributed by atoms with Crippen molar-refractivity contribution in [3.63, 3.8) is 0 Å². The van der Waals surface area contributed by atoms with Crippen LogP contribution in [0, 0.1) is 0 Å². The van der Waals surface area contributed by atoms with Crippen LogP contribution >= 0.6 is 0 Å². The van der Waals surface area contributed by atoms with Crippen molar-refractivity contribution in [3.05, 3.63) is 132 Å². The lowest BCUT2D eigenvalue weighted by Gasteiger charge is -2.04. The molecule has 0 atom stereocenters. The molecule has 2 N–H and O–H groups in total. The predicted octanol–water partition coefficient (Wildman–Crippen LogP) is 3.38. The number of aryl methyl sites for hydroxylation is 2. The molecule has 4 heterocycles. The number of aromatic nitrogens is 4. The third-order valence-corrected chi connectivity index (χ3v) is 7.78. The van der Waals surface area contributed by atoms with Crippen molar-refractivity contribution in [1.29, 1.82) is 0 Å². The number of carbonyl (C=O) groups is 2. The molecule has 0 bridgehead atoms. The second kappa shape index (κ2) is 14.9. The van der Waals surface area contributed by atoms with E-state index in [1.165, 1.54) is 12.4 Å². The van der Waals surface area contributed by atoms with Gasteiger partial charge in [0, 0.05) is 25.0 Å². The van der Waals surface area contributed by atoms with E-state index in [2.05, 4.69) is 39.0 Å². The zero-order chi connectivity index (χ0) is 33.3. The molecule has 0 aliphatic heterocycles. The number of carbonyl (C=O) groups excluding carboxylic acids is 2. The van der Waals surface area contributed by atoms with Gasteiger partial charge in [-0.3, -0.25) is 9.59 Å². The molecule has 6 aromatic rings. The highest BCUT2D eigenvalue weighted by atomic mass is 16.5. The third kappa shape index (κ3) is 7.91. The third-order valence-electron chi connectivity index (χ3n) is 7.78. The first-order valence-electron chi connectivity index (χ1n) is 15.4. The normalized spacial score (nSPS) is 11.5. The van der Waals surface area contributed by atoms with Gasteiger partial charge in [-0.15, -0.1) is 0 Å². The number of imidazole rings is 2. The number of rotatable bonds is 13. The molecule has 4 aromatic heterocycles. The minimum atomic E-state index is -0.379. The van der Waals surface area contributed by atoms with Crippen LogP contribution < -0.4 is 29.1 Å². The fourth-order valence-electron chi connectivity index (χ4n) is 5.05. The standard InChI is InChI=1S/C36H34N8O4/c1-41-29(23-43-19-5-3-7-35(41)43)25-47-31-13-9-27(10-14-31)21-37-39-33(45)17-18-34(46)40-38-22-28-11-15-32(16-12-28)48-26-30-24-44-20-6-4-8-36(44)42(30)2/h3-16,19-24H,17-18,25-26H2,1-2H3/p+2/b37-21-,38-22-. The fraction of sp³-hybridized carbons (Fsp3) is 0.167. The Balaban J connectivity index is 0.874. The maximum absolute atomic E-state index is 12.2. The van der Waals surface area contributed by atoms with Crippen LogP contribution in [0.15, 0.2) is 120 Å². The molecule has 12 heteroatoms. The SMILES string of the molecule is Cn1c(COc2ccc(/C=N\NC(=O)CCC(=O)N/N=C\c3ccc(OCc4c[n+]5ccccc5n4C)cc3)cc2)c[n+]2ccccc12. The van der Waals surface area contributed by atoms with Crippen molar-refractivity contribution in [2.45, 2.75) is 26.1 Å². The smallest absolute Gasteiger partial charge is 0.286 e. The van der Waals surface area contributed by atoms with Crippen LogP contribution in [0.4, 0.5) is 0 Å². The van der Waals surface area contributed by atoms with Gasteiger partial charge in [-0.05, 0) is 71.8 Å². The predicted molar refractivity (Wildman–Crippen MR) is 179 cm³/mol. The van der Waals surface area contributed by atoms with Crippen molar-refractivity contribution in [1.82, 2.24) is 20.0 Å². The summed E-state index contributed by atoms with van der Waals surface area (Å²) in [7, 11) is 4.02. The highest BCUT2D eigenvalue weighted by Crippen LogP contribution is 2.15. The highest BCUT2D eigenvalue weighted by molar-refractivity contribution is 5.86. The summed E-state index contributed by atoms with van der Waals surface area (Å²) in [6.45, 7) is 0.854. The van der Waals surface area contributed by atoms with Crippen molar-refractivity contribution in [2.24, 2.45) is 24.3 Å². The number of nitrogens with zero attached hydrogens (tertiary/aromatic N) is 6. The van der Waals surface area contributed by atoms with Gasteiger partial charge in [0.15, 0.2) is 24.6 Å². The summed E-state index contributed by atoms with van der Waals surface area (Å²) >= 11 is 0. The van der Waals surface area contributed by atoms with Gasteiger partial charge in [0.05, 0.1) is 38.9 Å². The molecule has 0 saturated carbocycles. The van der Waals surface area contributed by atoms with Crippen LogP contribution in [0.3, 0.4) is 0 Å². The zero-order valence-corrected chi connectivity index (χ0v) is 26.7. The van der Waals surface area contributed by atoms with E-state index in [1.807, 2.05) is 124 Å². The van der Waals surface area contributed by atoms with E-state index >= 15 is 0 Å². The summed E-state index contributed by atoms with van der Waals surface area (Å²) in [6.07, 6.45) is 11.1. The Hall–Kier alpha value is -6.30. The maximum Gasteiger partial charge on any atom is 0.286 e. The Morgan fingerprint density at radius 2 is 1.06 bits per heavy atom. The number of hydrazone groups is 2. The quantitative estimate of drug-likeness (QED) is 0.114. The van der Waals surface area contributed by atoms with Gasteiger partial charge in [0.25, 0.3) is 11.3 Å². The first kappa shape index (κ1) is 31.7. The number of amides is 2. The summed E-state index contributed by atoms with van der Waals surface area (Å²) in [5.41, 5.74) is 10.7. The van der Waals surface area contributed by atoms with E-state index in [4.69, 9.17) is 9.47 Å². The first-order valence-corrected chi connectivity index (χ1v) is 15.4. The second-order valence-corrected chi connectivity index (χ2v) is 11.1. The van der Waals surface area contributed by atoms with E-state index in [0.29, 0.717) is 13.2 Å². The number of nitrogens with one attached hydrogen (secondary N) is 2. The van der Waals surface area contributed by atoms with Gasteiger partial charge in [0.1, 0.15) is 23.9 Å². The molecule has 0 aliphatic carbocycles. The van der Waals surface area contributed by atoms with Gasteiger partial charge < -0.3 is 9.47 Å². The Morgan fingerprint density at radius 3 is 1.46 bits per heavy atom. The van der Waals surface area contributed by atoms with Crippen molar-refractivity contribution in [3.8, 4) is 11.5 Å². The molecular weight excluding hydrogens is 608 g/mol. The molecule has 6 rings (SSSR count). The van der Waals surface area contributed by atoms with E-state index in [9.17, 15) is 9.59 Å². The average Bonchev–Trinajstić information content (AvgIpc) is 3.61. The number of fused-ring (bicyclic) bond motifs is 2. The molecule has 12 nitrogen and oxygen atoms in total. The lowest BCUT2D eigenvalue weighted by Crippen LogP contribution is -2.22. The maximum atomic E-state index is 12.2. The van der Waals surface area contributed by atoms with Crippen LogP contribution in [-0.2, 0) is 36.9 Å². The van der Waals surface area contributed by atoms with E-state index in [0.717, 1.165) is 45.3 Å². The Labute approximate surface area is 277 Å². The lowest BCUT2D eigenvalue weighted by molar-refractivity contribution is -0.511. The number of hydrogen-bond donors (Lipinski definition) is 2. The van der Waals surface area contributed by atoms with E-state index < -0.39 is 0 Å². The van der Waals surface area contributed by atoms with Gasteiger partial charge >= 0.3 is 0 Å². The van der Waals surface area contributed by atoms with E-state index in [1.54, 1.807) is 0 Å². The Bertz CT molecular complexity index is 1950. The molecule has 48 heavy (non-hydrogen) atoms. The molecule has 0 unspecified atom stereocenters. The average molecular weight is 645 g/mol. The van der Waals surface area contributed by atoms with Gasteiger partial charge in [0.2, 0.25) is 11.8 Å². The number of hydrogen-bond acceptors (Lipinski definition) is 6. The number of benzene rings is 2. The minimum Gasteiger partial charge on any atom is -0.485 e. The summed E-state index contributed by atoms with van der Waals surface area (Å²) in [6, 6.07) is 26.8. The van der Waals surface area contributed by atoms with Crippen LogP contribution in [-0.4, -0.2) is 33.4 Å². The summed E-state index contributed by atoms with van der Waals surface area (Å²) in [5.74, 6) is 0.683. The van der Waals surface area contributed by atoms with Gasteiger partial charge in [-0.2, -0.15) is 10.2 Å². The molecule has 0 radical (unpaired) electrons. The summed E-state index contributed by atoms with van der Waals surface area (Å²) in [4.78, 5) is 24.3. The monoisotopic (exact) mass is 644 g/mol. The second-order valence-electron chi connectivity index (χ2n) is 11.1. The Kier molecular flexibility index (Phi) is 9.81. The molecule has 242 valence electrons. The number of pyridine rings is 2. The van der Waals surface area contributed by atoms with E-state index in [-0.39, 0.29) is 24.7 Å². The molecular formula is C36H36N8O4+2. The summed E-state index contributed by atoms with van der Waals surface area (Å²) < 4.78 is 20.2. The first-order chi connectivity index (χ1) is 23.4. The van der Waals surface area contributed by atoms with Crippen LogP contribution in [0.5, 0.6) is 11.5 Å². The molecule has 0 saturated heterocycles. The molecule has 0 spiro atoms. The van der Waals surface area contributed by atoms with Gasteiger partial charge in [-0.25, -0.2) is 28.8 Å². The molecule has 2 amide bonds. The van der Waals surface area contributed by atoms with Crippen molar-refractivity contribution >= 4 is 35.5 Å². The van der Waals surface area contributed by atoms with Crippen LogP contribution in [0.1, 0.15) is 35.4 Å². The summed E-state index contributed by atoms with van der Waals surface area (Å²) in [5, 5.41) is 7.97. The topological polar surface area (TPSA) is 119 Å². The minimum absolute atomic E-state index is 0.0286. The van der Waals surface area contributed by atoms with Crippen LogP contribution in [0.2, 0.25) is 0 Å². The highest BCUT2D eigenvalue weighted by Gasteiger charge is 2.15. The van der Waals surface area contributed by atoms with Gasteiger partial charge in [-0.1, -0.05) is 12.1 Å². The molecule has 2 aromatic carbocycles. The van der Waals surface area contributed by atoms with Crippen LogP contribution in [0.25, 0.3) is 11.3 Å². The van der Waals surface area contributed by atoms with Crippen molar-refractivity contribution in [2.75, 3.05) is 0 Å². The molecule has 0 aliphatic rings. The van der Waals surface area contributed by atoms with Crippen molar-refractivity contribution < 1.29 is 27.9 Å².